The molecule has 0 radical (unpaired) electrons. The molecule has 2 aromatic carbocycles. The summed E-state index contributed by atoms with van der Waals surface area (Å²) < 4.78 is 0. The topological polar surface area (TPSA) is 57.5 Å². The van der Waals surface area contributed by atoms with Crippen molar-refractivity contribution in [3.8, 4) is 5.75 Å². The molecule has 3 rings (SSSR count). The number of pyridine rings is 1. The van der Waals surface area contributed by atoms with Crippen molar-refractivity contribution in [2.24, 2.45) is 5.10 Å². The first-order valence-electron chi connectivity index (χ1n) is 6.25. The molecule has 98 valence electrons. The average molecular weight is 263 g/mol. The van der Waals surface area contributed by atoms with Crippen molar-refractivity contribution in [3.05, 3.63) is 66.4 Å². The Morgan fingerprint density at radius 3 is 2.70 bits per heavy atom. The van der Waals surface area contributed by atoms with Gasteiger partial charge in [-0.05, 0) is 24.3 Å². The molecule has 0 aliphatic heterocycles. The van der Waals surface area contributed by atoms with Crippen LogP contribution >= 0.6 is 0 Å². The van der Waals surface area contributed by atoms with Crippen molar-refractivity contribution in [1.29, 1.82) is 0 Å². The molecule has 4 heteroatoms. The predicted molar refractivity (Wildman–Crippen MR) is 81.1 cm³/mol. The van der Waals surface area contributed by atoms with E-state index in [1.165, 1.54) is 0 Å². The second-order valence-electron chi connectivity index (χ2n) is 4.31. The zero-order chi connectivity index (χ0) is 13.8. The lowest BCUT2D eigenvalue weighted by Gasteiger charge is -2.03. The van der Waals surface area contributed by atoms with Gasteiger partial charge in [-0.2, -0.15) is 5.10 Å². The van der Waals surface area contributed by atoms with Crippen LogP contribution < -0.4 is 5.43 Å². The Morgan fingerprint density at radius 2 is 1.85 bits per heavy atom. The monoisotopic (exact) mass is 263 g/mol. The van der Waals surface area contributed by atoms with Crippen LogP contribution in [0.4, 0.5) is 5.69 Å². The molecule has 3 aromatic rings. The van der Waals surface area contributed by atoms with Crippen molar-refractivity contribution >= 4 is 22.8 Å². The highest BCUT2D eigenvalue weighted by molar-refractivity contribution is 5.95. The first-order chi connectivity index (χ1) is 9.84. The summed E-state index contributed by atoms with van der Waals surface area (Å²) in [7, 11) is 0. The number of hydrogen-bond acceptors (Lipinski definition) is 4. The summed E-state index contributed by atoms with van der Waals surface area (Å²) in [5, 5.41) is 15.2. The van der Waals surface area contributed by atoms with E-state index in [1.54, 1.807) is 12.4 Å². The van der Waals surface area contributed by atoms with Crippen LogP contribution in [0.25, 0.3) is 10.9 Å². The standard InChI is InChI=1S/C16H13N3O/c20-16-13(9-8-12-5-4-10-17-15(12)16)11-18-19-14-6-2-1-3-7-14/h1-11,19-20H. The lowest BCUT2D eigenvalue weighted by Crippen LogP contribution is -1.91. The first-order valence-corrected chi connectivity index (χ1v) is 6.25. The van der Waals surface area contributed by atoms with Gasteiger partial charge in [-0.1, -0.05) is 30.3 Å². The minimum Gasteiger partial charge on any atom is -0.505 e. The fraction of sp³-hybridized carbons (Fsp3) is 0. The van der Waals surface area contributed by atoms with Gasteiger partial charge in [-0.15, -0.1) is 0 Å². The molecule has 0 spiro atoms. The Morgan fingerprint density at radius 1 is 1.00 bits per heavy atom. The number of rotatable bonds is 3. The van der Waals surface area contributed by atoms with Crippen LogP contribution in [0.5, 0.6) is 5.75 Å². The molecule has 0 saturated heterocycles. The van der Waals surface area contributed by atoms with E-state index >= 15 is 0 Å². The molecule has 0 saturated carbocycles. The quantitative estimate of drug-likeness (QED) is 0.562. The van der Waals surface area contributed by atoms with Gasteiger partial charge in [0.25, 0.3) is 0 Å². The second-order valence-corrected chi connectivity index (χ2v) is 4.31. The van der Waals surface area contributed by atoms with Gasteiger partial charge in [0.2, 0.25) is 0 Å². The number of hydrogen-bond donors (Lipinski definition) is 2. The molecule has 0 unspecified atom stereocenters. The smallest absolute Gasteiger partial charge is 0.150 e. The molecule has 0 aliphatic carbocycles. The van der Waals surface area contributed by atoms with Crippen LogP contribution in [0, 0.1) is 0 Å². The van der Waals surface area contributed by atoms with Gasteiger partial charge in [-0.25, -0.2) is 0 Å². The summed E-state index contributed by atoms with van der Waals surface area (Å²) in [6.07, 6.45) is 3.24. The number of phenols is 1. The van der Waals surface area contributed by atoms with Crippen molar-refractivity contribution in [1.82, 2.24) is 4.98 Å². The minimum absolute atomic E-state index is 0.140. The predicted octanol–water partition coefficient (Wildman–Crippen LogP) is 3.39. The van der Waals surface area contributed by atoms with E-state index in [0.29, 0.717) is 11.1 Å². The summed E-state index contributed by atoms with van der Waals surface area (Å²) in [5.74, 6) is 0.140. The minimum atomic E-state index is 0.140. The van der Waals surface area contributed by atoms with E-state index in [9.17, 15) is 5.11 Å². The third kappa shape index (κ3) is 2.44. The fourth-order valence-corrected chi connectivity index (χ4v) is 1.94. The molecular weight excluding hydrogens is 250 g/mol. The molecule has 0 bridgehead atoms. The molecule has 1 aromatic heterocycles. The third-order valence-electron chi connectivity index (χ3n) is 2.95. The number of benzene rings is 2. The number of hydrazone groups is 1. The first kappa shape index (κ1) is 12.2. The highest BCUT2D eigenvalue weighted by atomic mass is 16.3. The van der Waals surface area contributed by atoms with E-state index < -0.39 is 0 Å². The van der Waals surface area contributed by atoms with Gasteiger partial charge < -0.3 is 5.11 Å². The number of nitrogens with zero attached hydrogens (tertiary/aromatic N) is 2. The number of anilines is 1. The summed E-state index contributed by atoms with van der Waals surface area (Å²) in [5.41, 5.74) is 5.00. The molecule has 0 aliphatic rings. The van der Waals surface area contributed by atoms with E-state index in [-0.39, 0.29) is 5.75 Å². The normalized spacial score (nSPS) is 11.0. The van der Waals surface area contributed by atoms with E-state index in [4.69, 9.17) is 0 Å². The van der Waals surface area contributed by atoms with Crippen molar-refractivity contribution < 1.29 is 5.11 Å². The molecule has 20 heavy (non-hydrogen) atoms. The van der Waals surface area contributed by atoms with Crippen LogP contribution in [0.2, 0.25) is 0 Å². The highest BCUT2D eigenvalue weighted by Gasteiger charge is 2.04. The number of para-hydroxylation sites is 1. The number of aromatic nitrogens is 1. The van der Waals surface area contributed by atoms with Crippen LogP contribution in [-0.4, -0.2) is 16.3 Å². The van der Waals surface area contributed by atoms with Gasteiger partial charge in [-0.3, -0.25) is 10.4 Å². The van der Waals surface area contributed by atoms with E-state index in [2.05, 4.69) is 15.5 Å². The van der Waals surface area contributed by atoms with Gasteiger partial charge in [0.15, 0.2) is 5.75 Å². The summed E-state index contributed by atoms with van der Waals surface area (Å²) in [4.78, 5) is 4.18. The lowest BCUT2D eigenvalue weighted by atomic mass is 10.1. The van der Waals surface area contributed by atoms with Gasteiger partial charge in [0, 0.05) is 17.1 Å². The zero-order valence-electron chi connectivity index (χ0n) is 10.7. The fourth-order valence-electron chi connectivity index (χ4n) is 1.94. The largest absolute Gasteiger partial charge is 0.505 e. The Hall–Kier alpha value is -2.88. The van der Waals surface area contributed by atoms with Crippen molar-refractivity contribution in [2.75, 3.05) is 5.43 Å². The highest BCUT2D eigenvalue weighted by Crippen LogP contribution is 2.25. The van der Waals surface area contributed by atoms with Crippen LogP contribution in [0.1, 0.15) is 5.56 Å². The molecule has 4 nitrogen and oxygen atoms in total. The SMILES string of the molecule is Oc1c(C=NNc2ccccc2)ccc2cccnc12. The Bertz CT molecular complexity index is 754. The number of aromatic hydroxyl groups is 1. The summed E-state index contributed by atoms with van der Waals surface area (Å²) >= 11 is 0. The van der Waals surface area contributed by atoms with Crippen LogP contribution in [0.3, 0.4) is 0 Å². The van der Waals surface area contributed by atoms with Gasteiger partial charge in [0.05, 0.1) is 11.9 Å². The summed E-state index contributed by atoms with van der Waals surface area (Å²) in [6, 6.07) is 17.1. The van der Waals surface area contributed by atoms with Gasteiger partial charge >= 0.3 is 0 Å². The molecule has 0 amide bonds. The van der Waals surface area contributed by atoms with Crippen LogP contribution in [-0.2, 0) is 0 Å². The Labute approximate surface area is 116 Å². The third-order valence-corrected chi connectivity index (χ3v) is 2.95. The second kappa shape index (κ2) is 5.40. The maximum atomic E-state index is 10.2. The molecule has 2 N–H and O–H groups in total. The Balaban J connectivity index is 1.86. The number of nitrogens with one attached hydrogen (secondary N) is 1. The lowest BCUT2D eigenvalue weighted by molar-refractivity contribution is 0.479. The Kier molecular flexibility index (Phi) is 3.29. The molecule has 1 heterocycles. The van der Waals surface area contributed by atoms with Crippen molar-refractivity contribution in [2.45, 2.75) is 0 Å². The zero-order valence-corrected chi connectivity index (χ0v) is 10.7. The number of fused-ring (bicyclic) bond motifs is 1. The maximum absolute atomic E-state index is 10.2. The average Bonchev–Trinajstić information content (AvgIpc) is 2.51. The number of phenolic OH excluding ortho intramolecular Hbond substituents is 1. The molecular formula is C16H13N3O. The van der Waals surface area contributed by atoms with Crippen molar-refractivity contribution in [3.63, 3.8) is 0 Å². The molecule has 0 atom stereocenters. The van der Waals surface area contributed by atoms with E-state index in [0.717, 1.165) is 11.1 Å². The van der Waals surface area contributed by atoms with Gasteiger partial charge in [0.1, 0.15) is 5.52 Å². The maximum Gasteiger partial charge on any atom is 0.150 e. The van der Waals surface area contributed by atoms with Crippen LogP contribution in [0.15, 0.2) is 65.9 Å². The molecule has 0 fully saturated rings. The van der Waals surface area contributed by atoms with E-state index in [1.807, 2.05) is 54.6 Å². The summed E-state index contributed by atoms with van der Waals surface area (Å²) in [6.45, 7) is 0.